The molecule has 0 saturated carbocycles. The average Bonchev–Trinajstić information content (AvgIpc) is 2.38. The zero-order chi connectivity index (χ0) is 15.5. The molecule has 1 unspecified atom stereocenters. The Kier molecular flexibility index (Phi) is 5.22. The van der Waals surface area contributed by atoms with E-state index in [9.17, 15) is 8.42 Å². The lowest BCUT2D eigenvalue weighted by atomic mass is 10.2. The standard InChI is InChI=1S/C15H25N3O2S/c1-12(2)9-16-10-14-5-4-6-17-15(14)18-7-8-21(19,20)11-13(18)3/h4-6,12-13,16H,7-11H2,1-3H3. The fraction of sp³-hybridized carbons (Fsp3) is 0.667. The van der Waals surface area contributed by atoms with Crippen LogP contribution in [0.15, 0.2) is 18.3 Å². The monoisotopic (exact) mass is 311 g/mol. The van der Waals surface area contributed by atoms with Crippen molar-refractivity contribution in [3.63, 3.8) is 0 Å². The second kappa shape index (κ2) is 6.75. The van der Waals surface area contributed by atoms with E-state index in [1.165, 1.54) is 0 Å². The van der Waals surface area contributed by atoms with Crippen molar-refractivity contribution in [3.8, 4) is 0 Å². The van der Waals surface area contributed by atoms with Gasteiger partial charge >= 0.3 is 0 Å². The molecule has 5 nitrogen and oxygen atoms in total. The third-order valence-corrected chi connectivity index (χ3v) is 5.47. The van der Waals surface area contributed by atoms with Gasteiger partial charge in [0.1, 0.15) is 5.82 Å². The molecule has 1 aromatic heterocycles. The van der Waals surface area contributed by atoms with Crippen molar-refractivity contribution in [3.05, 3.63) is 23.9 Å². The molecule has 1 atom stereocenters. The van der Waals surface area contributed by atoms with Gasteiger partial charge in [0.15, 0.2) is 9.84 Å². The molecule has 0 aliphatic carbocycles. The summed E-state index contributed by atoms with van der Waals surface area (Å²) in [7, 11) is -2.90. The van der Waals surface area contributed by atoms with Gasteiger partial charge in [0, 0.05) is 30.9 Å². The molecule has 1 saturated heterocycles. The molecule has 118 valence electrons. The summed E-state index contributed by atoms with van der Waals surface area (Å²) in [6.45, 7) is 8.55. The largest absolute Gasteiger partial charge is 0.352 e. The summed E-state index contributed by atoms with van der Waals surface area (Å²) in [6, 6.07) is 3.97. The molecule has 0 amide bonds. The second-order valence-electron chi connectivity index (χ2n) is 6.17. The number of hydrogen-bond donors (Lipinski definition) is 1. The van der Waals surface area contributed by atoms with Crippen LogP contribution in [0, 0.1) is 5.92 Å². The smallest absolute Gasteiger partial charge is 0.154 e. The average molecular weight is 311 g/mol. The van der Waals surface area contributed by atoms with Gasteiger partial charge in [0.25, 0.3) is 0 Å². The van der Waals surface area contributed by atoms with E-state index >= 15 is 0 Å². The molecule has 1 aliphatic rings. The maximum absolute atomic E-state index is 11.7. The molecule has 1 aromatic rings. The summed E-state index contributed by atoms with van der Waals surface area (Å²) in [5.41, 5.74) is 1.13. The van der Waals surface area contributed by atoms with Crippen LogP contribution < -0.4 is 10.2 Å². The van der Waals surface area contributed by atoms with Crippen LogP contribution in [0.5, 0.6) is 0 Å². The number of rotatable bonds is 5. The van der Waals surface area contributed by atoms with Crippen LogP contribution in [0.1, 0.15) is 26.3 Å². The number of nitrogens with zero attached hydrogens (tertiary/aromatic N) is 2. The predicted octanol–water partition coefficient (Wildman–Crippen LogP) is 1.45. The van der Waals surface area contributed by atoms with Gasteiger partial charge in [-0.3, -0.25) is 0 Å². The summed E-state index contributed by atoms with van der Waals surface area (Å²) in [5, 5.41) is 3.43. The van der Waals surface area contributed by atoms with Gasteiger partial charge in [-0.05, 0) is 25.5 Å². The zero-order valence-corrected chi connectivity index (χ0v) is 13.9. The van der Waals surface area contributed by atoms with Crippen LogP contribution in [-0.2, 0) is 16.4 Å². The highest BCUT2D eigenvalue weighted by atomic mass is 32.2. The minimum atomic E-state index is -2.90. The minimum absolute atomic E-state index is 0.0255. The molecule has 6 heteroatoms. The van der Waals surface area contributed by atoms with Crippen LogP contribution in [0.3, 0.4) is 0 Å². The molecule has 0 radical (unpaired) electrons. The van der Waals surface area contributed by atoms with E-state index in [1.54, 1.807) is 6.20 Å². The zero-order valence-electron chi connectivity index (χ0n) is 13.0. The van der Waals surface area contributed by atoms with Crippen molar-refractivity contribution in [2.75, 3.05) is 29.5 Å². The van der Waals surface area contributed by atoms with Crippen LogP contribution in [0.2, 0.25) is 0 Å². The Labute approximate surface area is 127 Å². The number of nitrogens with one attached hydrogen (secondary N) is 1. The summed E-state index contributed by atoms with van der Waals surface area (Å²) in [5.74, 6) is 1.94. The Morgan fingerprint density at radius 1 is 1.48 bits per heavy atom. The molecule has 0 spiro atoms. The molecule has 2 heterocycles. The van der Waals surface area contributed by atoms with E-state index in [0.717, 1.165) is 24.5 Å². The topological polar surface area (TPSA) is 62.3 Å². The predicted molar refractivity (Wildman–Crippen MR) is 86.2 cm³/mol. The van der Waals surface area contributed by atoms with Gasteiger partial charge in [0.05, 0.1) is 11.5 Å². The molecule has 1 fully saturated rings. The van der Waals surface area contributed by atoms with Gasteiger partial charge in [-0.25, -0.2) is 13.4 Å². The first-order valence-electron chi connectivity index (χ1n) is 7.51. The van der Waals surface area contributed by atoms with E-state index in [4.69, 9.17) is 0 Å². The minimum Gasteiger partial charge on any atom is -0.352 e. The molecule has 1 aliphatic heterocycles. The molecular formula is C15H25N3O2S. The van der Waals surface area contributed by atoms with Gasteiger partial charge in [-0.15, -0.1) is 0 Å². The maximum atomic E-state index is 11.7. The second-order valence-corrected chi connectivity index (χ2v) is 8.40. The Hall–Kier alpha value is -1.14. The fourth-order valence-electron chi connectivity index (χ4n) is 2.64. The van der Waals surface area contributed by atoms with Gasteiger partial charge in [-0.1, -0.05) is 19.9 Å². The first kappa shape index (κ1) is 16.2. The summed E-state index contributed by atoms with van der Waals surface area (Å²) in [4.78, 5) is 6.61. The lowest BCUT2D eigenvalue weighted by Gasteiger charge is -2.35. The van der Waals surface area contributed by atoms with E-state index in [0.29, 0.717) is 12.5 Å². The first-order valence-corrected chi connectivity index (χ1v) is 9.33. The van der Waals surface area contributed by atoms with Gasteiger partial charge in [-0.2, -0.15) is 0 Å². The Morgan fingerprint density at radius 2 is 2.24 bits per heavy atom. The van der Waals surface area contributed by atoms with Crippen molar-refractivity contribution in [2.45, 2.75) is 33.4 Å². The number of hydrogen-bond acceptors (Lipinski definition) is 5. The van der Waals surface area contributed by atoms with E-state index in [1.807, 2.05) is 13.0 Å². The highest BCUT2D eigenvalue weighted by Gasteiger charge is 2.29. The SMILES string of the molecule is CC(C)CNCc1cccnc1N1CCS(=O)(=O)CC1C. The fourth-order valence-corrected chi connectivity index (χ4v) is 4.19. The van der Waals surface area contributed by atoms with Crippen LogP contribution >= 0.6 is 0 Å². The Bertz CT molecular complexity index is 572. The third-order valence-electron chi connectivity index (χ3n) is 3.68. The van der Waals surface area contributed by atoms with Crippen molar-refractivity contribution in [1.29, 1.82) is 0 Å². The third kappa shape index (κ3) is 4.41. The molecular weight excluding hydrogens is 286 g/mol. The first-order chi connectivity index (χ1) is 9.89. The van der Waals surface area contributed by atoms with E-state index in [2.05, 4.69) is 35.1 Å². The van der Waals surface area contributed by atoms with Gasteiger partial charge < -0.3 is 10.2 Å². The number of aromatic nitrogens is 1. The normalized spacial score (nSPS) is 21.7. The highest BCUT2D eigenvalue weighted by molar-refractivity contribution is 7.91. The molecule has 0 bridgehead atoms. The molecule has 1 N–H and O–H groups in total. The van der Waals surface area contributed by atoms with Gasteiger partial charge in [0.2, 0.25) is 0 Å². The van der Waals surface area contributed by atoms with Crippen molar-refractivity contribution < 1.29 is 8.42 Å². The van der Waals surface area contributed by atoms with Crippen LogP contribution in [0.25, 0.3) is 0 Å². The summed E-state index contributed by atoms with van der Waals surface area (Å²) < 4.78 is 23.4. The van der Waals surface area contributed by atoms with E-state index < -0.39 is 9.84 Å². The van der Waals surface area contributed by atoms with Crippen LogP contribution in [-0.4, -0.2) is 44.0 Å². The van der Waals surface area contributed by atoms with Crippen molar-refractivity contribution in [2.24, 2.45) is 5.92 Å². The molecule has 21 heavy (non-hydrogen) atoms. The highest BCUT2D eigenvalue weighted by Crippen LogP contribution is 2.23. The quantitative estimate of drug-likeness (QED) is 0.892. The Morgan fingerprint density at radius 3 is 2.90 bits per heavy atom. The molecule has 0 aromatic carbocycles. The molecule has 2 rings (SSSR count). The maximum Gasteiger partial charge on any atom is 0.154 e. The van der Waals surface area contributed by atoms with Crippen molar-refractivity contribution >= 4 is 15.7 Å². The lowest BCUT2D eigenvalue weighted by molar-refractivity contribution is 0.547. The van der Waals surface area contributed by atoms with E-state index in [-0.39, 0.29) is 17.5 Å². The van der Waals surface area contributed by atoms with Crippen LogP contribution in [0.4, 0.5) is 5.82 Å². The number of pyridine rings is 1. The summed E-state index contributed by atoms with van der Waals surface area (Å²) in [6.07, 6.45) is 1.77. The number of sulfone groups is 1. The van der Waals surface area contributed by atoms with Crippen molar-refractivity contribution in [1.82, 2.24) is 10.3 Å². The number of anilines is 1. The summed E-state index contributed by atoms with van der Waals surface area (Å²) >= 11 is 0. The lowest BCUT2D eigenvalue weighted by Crippen LogP contribution is -2.47. The Balaban J connectivity index is 2.12.